The Bertz CT molecular complexity index is 667. The van der Waals surface area contributed by atoms with Gasteiger partial charge in [-0.1, -0.05) is 30.3 Å². The quantitative estimate of drug-likeness (QED) is 0.875. The van der Waals surface area contributed by atoms with Gasteiger partial charge in [-0.2, -0.15) is 16.9 Å². The Morgan fingerprint density at radius 2 is 2.21 bits per heavy atom. The van der Waals surface area contributed by atoms with E-state index < -0.39 is 0 Å². The second kappa shape index (κ2) is 7.85. The third-order valence-corrected chi connectivity index (χ3v) is 5.62. The molecule has 5 nitrogen and oxygen atoms in total. The van der Waals surface area contributed by atoms with Gasteiger partial charge in [0.15, 0.2) is 5.82 Å². The summed E-state index contributed by atoms with van der Waals surface area (Å²) < 4.78 is 1.88. The molecule has 1 amide bonds. The molecule has 1 aliphatic heterocycles. The summed E-state index contributed by atoms with van der Waals surface area (Å²) in [5, 5.41) is 7.40. The molecule has 24 heavy (non-hydrogen) atoms. The van der Waals surface area contributed by atoms with E-state index in [-0.39, 0.29) is 11.9 Å². The van der Waals surface area contributed by atoms with Crippen LogP contribution in [0.15, 0.2) is 42.6 Å². The molecule has 1 N–H and O–H groups in total. The number of thioether (sulfide) groups is 1. The first kappa shape index (κ1) is 17.0. The summed E-state index contributed by atoms with van der Waals surface area (Å²) in [5.41, 5.74) is 1.19. The predicted octanol–water partition coefficient (Wildman–Crippen LogP) is 2.87. The van der Waals surface area contributed by atoms with Gasteiger partial charge in [-0.05, 0) is 31.7 Å². The van der Waals surface area contributed by atoms with Crippen LogP contribution in [0.1, 0.15) is 24.9 Å². The number of nitrogens with one attached hydrogen (secondary N) is 1. The lowest BCUT2D eigenvalue weighted by molar-refractivity contribution is -0.117. The molecule has 128 valence electrons. The summed E-state index contributed by atoms with van der Waals surface area (Å²) >= 11 is 1.96. The van der Waals surface area contributed by atoms with Crippen LogP contribution < -0.4 is 5.32 Å². The van der Waals surface area contributed by atoms with Gasteiger partial charge in [0.2, 0.25) is 5.91 Å². The van der Waals surface area contributed by atoms with Crippen molar-refractivity contribution in [3.63, 3.8) is 0 Å². The highest BCUT2D eigenvalue weighted by Crippen LogP contribution is 2.21. The first-order valence-electron chi connectivity index (χ1n) is 8.31. The third-order valence-electron chi connectivity index (χ3n) is 4.48. The van der Waals surface area contributed by atoms with Crippen LogP contribution in [0.2, 0.25) is 0 Å². The van der Waals surface area contributed by atoms with Gasteiger partial charge >= 0.3 is 0 Å². The fraction of sp³-hybridized carbons (Fsp3) is 0.444. The zero-order valence-electron chi connectivity index (χ0n) is 14.2. The molecule has 2 atom stereocenters. The van der Waals surface area contributed by atoms with Crippen LogP contribution in [0.3, 0.4) is 0 Å². The van der Waals surface area contributed by atoms with Gasteiger partial charge in [0, 0.05) is 24.1 Å². The first-order chi connectivity index (χ1) is 11.6. The Hall–Kier alpha value is -1.79. The molecule has 3 rings (SSSR count). The van der Waals surface area contributed by atoms with Crippen molar-refractivity contribution in [2.75, 3.05) is 30.4 Å². The van der Waals surface area contributed by atoms with Crippen molar-refractivity contribution >= 4 is 23.5 Å². The molecule has 0 bridgehead atoms. The van der Waals surface area contributed by atoms with E-state index in [1.807, 2.05) is 54.0 Å². The molecule has 1 saturated heterocycles. The number of hydrogen-bond acceptors (Lipinski definition) is 4. The van der Waals surface area contributed by atoms with Crippen molar-refractivity contribution in [3.8, 4) is 0 Å². The minimum absolute atomic E-state index is 0.00739. The highest BCUT2D eigenvalue weighted by molar-refractivity contribution is 7.99. The van der Waals surface area contributed by atoms with Crippen molar-refractivity contribution in [2.24, 2.45) is 0 Å². The predicted molar refractivity (Wildman–Crippen MR) is 99.5 cm³/mol. The number of aromatic nitrogens is 2. The van der Waals surface area contributed by atoms with Gasteiger partial charge in [-0.15, -0.1) is 0 Å². The maximum absolute atomic E-state index is 12.2. The number of hydrogen-bond donors (Lipinski definition) is 1. The van der Waals surface area contributed by atoms with E-state index in [0.29, 0.717) is 18.4 Å². The summed E-state index contributed by atoms with van der Waals surface area (Å²) in [6.07, 6.45) is 3.07. The van der Waals surface area contributed by atoms with Crippen molar-refractivity contribution in [1.29, 1.82) is 0 Å². The molecule has 0 spiro atoms. The van der Waals surface area contributed by atoms with Gasteiger partial charge in [-0.25, -0.2) is 0 Å². The van der Waals surface area contributed by atoms with Crippen molar-refractivity contribution < 1.29 is 4.79 Å². The van der Waals surface area contributed by atoms with E-state index in [0.717, 1.165) is 12.2 Å². The van der Waals surface area contributed by atoms with Gasteiger partial charge in [0.1, 0.15) is 0 Å². The lowest BCUT2D eigenvalue weighted by Crippen LogP contribution is -2.38. The average Bonchev–Trinajstić information content (AvgIpc) is 3.26. The van der Waals surface area contributed by atoms with Gasteiger partial charge < -0.3 is 5.32 Å². The number of rotatable bonds is 6. The van der Waals surface area contributed by atoms with E-state index >= 15 is 0 Å². The SMILES string of the molecule is C[C@@H](c1ccccc1)n1ccc(NC(=O)CN(C)[C@@H]2CCSC2)n1. The maximum atomic E-state index is 12.2. The minimum atomic E-state index is -0.00739. The molecule has 0 saturated carbocycles. The molecule has 2 heterocycles. The summed E-state index contributed by atoms with van der Waals surface area (Å²) in [5.74, 6) is 2.91. The maximum Gasteiger partial charge on any atom is 0.239 e. The molecule has 0 unspecified atom stereocenters. The summed E-state index contributed by atoms with van der Waals surface area (Å²) in [7, 11) is 2.02. The zero-order valence-corrected chi connectivity index (χ0v) is 15.0. The van der Waals surface area contributed by atoms with Crippen LogP contribution in [-0.4, -0.2) is 51.7 Å². The van der Waals surface area contributed by atoms with Gasteiger partial charge in [-0.3, -0.25) is 14.4 Å². The monoisotopic (exact) mass is 344 g/mol. The Morgan fingerprint density at radius 1 is 1.42 bits per heavy atom. The van der Waals surface area contributed by atoms with Crippen LogP contribution in [0.5, 0.6) is 0 Å². The zero-order chi connectivity index (χ0) is 16.9. The van der Waals surface area contributed by atoms with Crippen LogP contribution >= 0.6 is 11.8 Å². The van der Waals surface area contributed by atoms with Crippen LogP contribution in [0.25, 0.3) is 0 Å². The van der Waals surface area contributed by atoms with E-state index in [9.17, 15) is 4.79 Å². The number of anilines is 1. The normalized spacial score (nSPS) is 18.7. The van der Waals surface area contributed by atoms with Crippen LogP contribution in [0.4, 0.5) is 5.82 Å². The second-order valence-corrected chi connectivity index (χ2v) is 7.40. The molecule has 1 aromatic carbocycles. The molecular weight excluding hydrogens is 320 g/mol. The molecule has 2 aromatic rings. The smallest absolute Gasteiger partial charge is 0.239 e. The first-order valence-corrected chi connectivity index (χ1v) is 9.47. The third kappa shape index (κ3) is 4.19. The second-order valence-electron chi connectivity index (χ2n) is 6.25. The summed E-state index contributed by atoms with van der Waals surface area (Å²) in [4.78, 5) is 14.4. The van der Waals surface area contributed by atoms with Crippen molar-refractivity contribution in [3.05, 3.63) is 48.2 Å². The molecule has 0 radical (unpaired) electrons. The molecule has 1 aromatic heterocycles. The van der Waals surface area contributed by atoms with E-state index in [1.54, 1.807) is 0 Å². The standard InChI is InChI=1S/C18H24N4OS/c1-14(15-6-4-3-5-7-15)22-10-8-17(20-22)19-18(23)12-21(2)16-9-11-24-13-16/h3-8,10,14,16H,9,11-13H2,1-2H3,(H,19,20,23)/t14-,16+/m0/s1. The average molecular weight is 344 g/mol. The van der Waals surface area contributed by atoms with Gasteiger partial charge in [0.05, 0.1) is 12.6 Å². The number of amides is 1. The number of carbonyl (C=O) groups excluding carboxylic acids is 1. The molecule has 1 aliphatic rings. The number of likely N-dealkylation sites (N-methyl/N-ethyl adjacent to an activating group) is 1. The van der Waals surface area contributed by atoms with Crippen molar-refractivity contribution in [2.45, 2.75) is 25.4 Å². The minimum Gasteiger partial charge on any atom is -0.308 e. The highest BCUT2D eigenvalue weighted by atomic mass is 32.2. The van der Waals surface area contributed by atoms with E-state index in [2.05, 4.69) is 34.4 Å². The van der Waals surface area contributed by atoms with Crippen LogP contribution in [-0.2, 0) is 4.79 Å². The topological polar surface area (TPSA) is 50.2 Å². The lowest BCUT2D eigenvalue weighted by Gasteiger charge is -2.22. The number of benzene rings is 1. The summed E-state index contributed by atoms with van der Waals surface area (Å²) in [6, 6.07) is 12.7. The lowest BCUT2D eigenvalue weighted by atomic mass is 10.1. The van der Waals surface area contributed by atoms with E-state index in [4.69, 9.17) is 0 Å². The van der Waals surface area contributed by atoms with Gasteiger partial charge in [0.25, 0.3) is 0 Å². The Balaban J connectivity index is 1.56. The molecule has 1 fully saturated rings. The Kier molecular flexibility index (Phi) is 5.58. The molecule has 0 aliphatic carbocycles. The van der Waals surface area contributed by atoms with Crippen LogP contribution in [0, 0.1) is 0 Å². The number of carbonyl (C=O) groups is 1. The molecular formula is C18H24N4OS. The fourth-order valence-corrected chi connectivity index (χ4v) is 4.21. The largest absolute Gasteiger partial charge is 0.308 e. The molecule has 6 heteroatoms. The fourth-order valence-electron chi connectivity index (χ4n) is 2.91. The number of nitrogens with zero attached hydrogens (tertiary/aromatic N) is 3. The Morgan fingerprint density at radius 3 is 2.92 bits per heavy atom. The highest BCUT2D eigenvalue weighted by Gasteiger charge is 2.21. The van der Waals surface area contributed by atoms with E-state index in [1.165, 1.54) is 11.3 Å². The van der Waals surface area contributed by atoms with Crippen molar-refractivity contribution in [1.82, 2.24) is 14.7 Å². The summed E-state index contributed by atoms with van der Waals surface area (Å²) in [6.45, 7) is 2.51. The Labute approximate surface area is 147 Å².